The fourth-order valence-corrected chi connectivity index (χ4v) is 4.27. The fraction of sp³-hybridized carbons (Fsp3) is 0.320. The van der Waals surface area contributed by atoms with E-state index in [9.17, 15) is 9.90 Å². The quantitative estimate of drug-likeness (QED) is 0.537. The van der Waals surface area contributed by atoms with Crippen LogP contribution in [0, 0.1) is 0 Å². The molecular weight excluding hydrogens is 376 g/mol. The number of piperazine rings is 1. The predicted molar refractivity (Wildman–Crippen MR) is 119 cm³/mol. The van der Waals surface area contributed by atoms with Gasteiger partial charge in [-0.25, -0.2) is 4.79 Å². The van der Waals surface area contributed by atoms with Crippen LogP contribution >= 0.6 is 0 Å². The molecule has 0 atom stereocenters. The molecule has 5 heteroatoms. The Bertz CT molecular complexity index is 1080. The van der Waals surface area contributed by atoms with Gasteiger partial charge in [-0.1, -0.05) is 43.3 Å². The Hall–Kier alpha value is -2.89. The van der Waals surface area contributed by atoms with E-state index < -0.39 is 0 Å². The Morgan fingerprint density at radius 1 is 1.00 bits per heavy atom. The van der Waals surface area contributed by atoms with Crippen molar-refractivity contribution >= 4 is 17.0 Å². The highest BCUT2D eigenvalue weighted by molar-refractivity contribution is 5.82. The number of phenolic OH excluding ortho intramolecular Hbond substituents is 1. The van der Waals surface area contributed by atoms with Crippen LogP contribution in [0.4, 0.5) is 0 Å². The second-order valence-corrected chi connectivity index (χ2v) is 8.12. The summed E-state index contributed by atoms with van der Waals surface area (Å²) in [6.07, 6.45) is 5.21. The molecule has 2 aromatic carbocycles. The molecule has 0 spiro atoms. The first-order valence-electron chi connectivity index (χ1n) is 10.8. The van der Waals surface area contributed by atoms with Gasteiger partial charge in [0.1, 0.15) is 44.1 Å². The summed E-state index contributed by atoms with van der Waals surface area (Å²) in [4.78, 5) is 15.1. The van der Waals surface area contributed by atoms with Gasteiger partial charge in [0.15, 0.2) is 0 Å². The number of fused-ring (bicyclic) bond motifs is 1. The molecule has 2 heterocycles. The minimum Gasteiger partial charge on any atom is -0.508 e. The standard InChI is InChI=1S/C25H28N2O3/c1-2-20-15-22-21(16-25(29)30-24(22)17-23(20)28)18-27-13-11-26(12-14-27)10-6-9-19-7-4-3-5-8-19/h3-9,15-17,28H,2,10-14,18H2,1H3/p+2/b9-6+. The number of hydrogen-bond acceptors (Lipinski definition) is 3. The highest BCUT2D eigenvalue weighted by Crippen LogP contribution is 2.26. The van der Waals surface area contributed by atoms with Crippen LogP contribution in [0.1, 0.15) is 23.6 Å². The Morgan fingerprint density at radius 2 is 1.73 bits per heavy atom. The Kier molecular flexibility index (Phi) is 6.31. The van der Waals surface area contributed by atoms with Gasteiger partial charge in [-0.15, -0.1) is 0 Å². The largest absolute Gasteiger partial charge is 0.508 e. The van der Waals surface area contributed by atoms with Gasteiger partial charge in [0.25, 0.3) is 0 Å². The van der Waals surface area contributed by atoms with Crippen molar-refractivity contribution in [2.45, 2.75) is 19.9 Å². The maximum atomic E-state index is 12.0. The molecule has 30 heavy (non-hydrogen) atoms. The summed E-state index contributed by atoms with van der Waals surface area (Å²) in [5.74, 6) is 0.193. The molecule has 1 saturated heterocycles. The van der Waals surface area contributed by atoms with Gasteiger partial charge in [-0.2, -0.15) is 0 Å². The molecule has 1 fully saturated rings. The van der Waals surface area contributed by atoms with Crippen molar-refractivity contribution in [1.29, 1.82) is 0 Å². The molecule has 0 unspecified atom stereocenters. The third-order valence-electron chi connectivity index (χ3n) is 6.03. The second-order valence-electron chi connectivity index (χ2n) is 8.12. The predicted octanol–water partition coefficient (Wildman–Crippen LogP) is 1.06. The van der Waals surface area contributed by atoms with Crippen LogP contribution in [0.2, 0.25) is 0 Å². The van der Waals surface area contributed by atoms with E-state index >= 15 is 0 Å². The van der Waals surface area contributed by atoms with Gasteiger partial charge in [-0.05, 0) is 29.7 Å². The van der Waals surface area contributed by atoms with Crippen LogP contribution in [0.3, 0.4) is 0 Å². The minimum absolute atomic E-state index is 0.193. The number of quaternary nitrogens is 2. The zero-order valence-electron chi connectivity index (χ0n) is 17.5. The lowest BCUT2D eigenvalue weighted by molar-refractivity contribution is -1.02. The van der Waals surface area contributed by atoms with Gasteiger partial charge in [0, 0.05) is 23.1 Å². The molecular formula is C25H30N2O3+2. The third-order valence-corrected chi connectivity index (χ3v) is 6.03. The highest BCUT2D eigenvalue weighted by atomic mass is 16.4. The number of aryl methyl sites for hydroxylation is 1. The van der Waals surface area contributed by atoms with Crippen LogP contribution in [-0.2, 0) is 13.0 Å². The maximum absolute atomic E-state index is 12.0. The van der Waals surface area contributed by atoms with E-state index in [1.165, 1.54) is 10.5 Å². The van der Waals surface area contributed by atoms with Gasteiger partial charge < -0.3 is 19.3 Å². The normalized spacial score (nSPS) is 19.5. The number of hydrogen-bond donors (Lipinski definition) is 3. The van der Waals surface area contributed by atoms with Crippen molar-refractivity contribution in [2.75, 3.05) is 32.7 Å². The molecule has 3 aromatic rings. The summed E-state index contributed by atoms with van der Waals surface area (Å²) in [5, 5.41) is 11.1. The van der Waals surface area contributed by atoms with Gasteiger partial charge >= 0.3 is 5.63 Å². The lowest BCUT2D eigenvalue weighted by atomic mass is 10.0. The van der Waals surface area contributed by atoms with E-state index in [0.717, 1.165) is 62.2 Å². The first-order valence-corrected chi connectivity index (χ1v) is 10.8. The SMILES string of the molecule is CCc1cc2c(C[NH+]3CC[NH+](C/C=C/c4ccccc4)CC3)cc(=O)oc2cc1O. The highest BCUT2D eigenvalue weighted by Gasteiger charge is 2.23. The summed E-state index contributed by atoms with van der Waals surface area (Å²) >= 11 is 0. The molecule has 0 bridgehead atoms. The van der Waals surface area contributed by atoms with Crippen molar-refractivity contribution in [3.8, 4) is 5.75 Å². The van der Waals surface area contributed by atoms with Crippen molar-refractivity contribution in [2.24, 2.45) is 0 Å². The molecule has 4 rings (SSSR count). The van der Waals surface area contributed by atoms with Crippen molar-refractivity contribution in [3.05, 3.63) is 81.7 Å². The molecule has 5 nitrogen and oxygen atoms in total. The van der Waals surface area contributed by atoms with E-state index in [2.05, 4.69) is 36.4 Å². The number of phenols is 1. The number of rotatable bonds is 6. The Labute approximate surface area is 176 Å². The van der Waals surface area contributed by atoms with Crippen LogP contribution < -0.4 is 15.4 Å². The second kappa shape index (κ2) is 9.28. The molecule has 1 aliphatic rings. The summed E-state index contributed by atoms with van der Waals surface area (Å²) in [6.45, 7) is 8.26. The number of benzene rings is 2. The molecule has 1 aliphatic heterocycles. The average Bonchev–Trinajstić information content (AvgIpc) is 2.75. The average molecular weight is 407 g/mol. The monoisotopic (exact) mass is 406 g/mol. The first kappa shape index (κ1) is 20.4. The molecule has 3 N–H and O–H groups in total. The molecule has 156 valence electrons. The van der Waals surface area contributed by atoms with Crippen LogP contribution in [0.5, 0.6) is 5.75 Å². The zero-order valence-corrected chi connectivity index (χ0v) is 17.5. The van der Waals surface area contributed by atoms with E-state index in [1.54, 1.807) is 17.0 Å². The summed E-state index contributed by atoms with van der Waals surface area (Å²) in [6, 6.07) is 15.6. The van der Waals surface area contributed by atoms with Crippen molar-refractivity contribution < 1.29 is 19.3 Å². The van der Waals surface area contributed by atoms with Gasteiger partial charge in [0.05, 0.1) is 6.54 Å². The Balaban J connectivity index is 1.40. The molecule has 0 saturated carbocycles. The summed E-state index contributed by atoms with van der Waals surface area (Å²) in [7, 11) is 0. The molecule has 0 aliphatic carbocycles. The van der Waals surface area contributed by atoms with E-state index in [1.807, 2.05) is 19.1 Å². The van der Waals surface area contributed by atoms with Crippen LogP contribution in [0.25, 0.3) is 17.0 Å². The van der Waals surface area contributed by atoms with Gasteiger partial charge in [0.2, 0.25) is 0 Å². The smallest absolute Gasteiger partial charge is 0.336 e. The number of aromatic hydroxyl groups is 1. The lowest BCUT2D eigenvalue weighted by Crippen LogP contribution is -3.27. The van der Waals surface area contributed by atoms with Crippen LogP contribution in [0.15, 0.2) is 63.8 Å². The summed E-state index contributed by atoms with van der Waals surface area (Å²) in [5.41, 5.74) is 3.26. The zero-order chi connectivity index (χ0) is 20.9. The van der Waals surface area contributed by atoms with E-state index in [-0.39, 0.29) is 11.4 Å². The topological polar surface area (TPSA) is 59.3 Å². The van der Waals surface area contributed by atoms with Gasteiger partial charge in [-0.3, -0.25) is 0 Å². The van der Waals surface area contributed by atoms with E-state index in [4.69, 9.17) is 4.42 Å². The maximum Gasteiger partial charge on any atom is 0.336 e. The first-order chi connectivity index (χ1) is 14.6. The lowest BCUT2D eigenvalue weighted by Gasteiger charge is -2.29. The summed E-state index contributed by atoms with van der Waals surface area (Å²) < 4.78 is 5.33. The molecule has 0 radical (unpaired) electrons. The van der Waals surface area contributed by atoms with Crippen molar-refractivity contribution in [3.63, 3.8) is 0 Å². The van der Waals surface area contributed by atoms with Crippen LogP contribution in [-0.4, -0.2) is 37.8 Å². The third kappa shape index (κ3) is 4.81. The number of nitrogens with one attached hydrogen (secondary N) is 2. The minimum atomic E-state index is -0.351. The van der Waals surface area contributed by atoms with Crippen molar-refractivity contribution in [1.82, 2.24) is 0 Å². The Morgan fingerprint density at radius 3 is 2.47 bits per heavy atom. The molecule has 0 amide bonds. The van der Waals surface area contributed by atoms with E-state index in [0.29, 0.717) is 5.58 Å². The molecule has 1 aromatic heterocycles. The fourth-order valence-electron chi connectivity index (χ4n) is 4.27.